The number of carbonyl (C=O) groups is 1. The minimum absolute atomic E-state index is 0.0814. The van der Waals surface area contributed by atoms with Crippen LogP contribution in [-0.2, 0) is 9.53 Å². The molecule has 0 amide bonds. The first-order valence-corrected chi connectivity index (χ1v) is 10.3. The molecule has 2 nitrogen and oxygen atoms in total. The van der Waals surface area contributed by atoms with Crippen LogP contribution in [0.25, 0.3) is 0 Å². The van der Waals surface area contributed by atoms with Gasteiger partial charge < -0.3 is 4.74 Å². The molecule has 2 heteroatoms. The Bertz CT molecular complexity index is 408. The first kappa shape index (κ1) is 19.3. The largest absolute Gasteiger partial charge is 0.462 e. The minimum Gasteiger partial charge on any atom is -0.462 e. The first-order chi connectivity index (χ1) is 11.7. The van der Waals surface area contributed by atoms with E-state index in [9.17, 15) is 4.79 Å². The summed E-state index contributed by atoms with van der Waals surface area (Å²) in [6, 6.07) is 0. The van der Waals surface area contributed by atoms with Crippen molar-refractivity contribution in [2.45, 2.75) is 90.6 Å². The lowest BCUT2D eigenvalue weighted by Gasteiger charge is -2.30. The van der Waals surface area contributed by atoms with Crippen LogP contribution in [0.4, 0.5) is 0 Å². The van der Waals surface area contributed by atoms with Crippen molar-refractivity contribution in [3.63, 3.8) is 0 Å². The molecule has 0 unspecified atom stereocenters. The maximum Gasteiger partial charge on any atom is 0.309 e. The van der Waals surface area contributed by atoms with E-state index in [-0.39, 0.29) is 18.0 Å². The van der Waals surface area contributed by atoms with Crippen LogP contribution in [0.15, 0.2) is 24.3 Å². The van der Waals surface area contributed by atoms with Gasteiger partial charge in [-0.15, -0.1) is 0 Å². The van der Waals surface area contributed by atoms with Crippen LogP contribution < -0.4 is 0 Å². The SMILES string of the molecule is CCC=C[C@H]1CC[C@H](C(=O)O[C@H]2CC[C@H](C=CCCC)CC2)CC1. The van der Waals surface area contributed by atoms with E-state index in [4.69, 9.17) is 4.74 Å². The molecule has 0 heterocycles. The second kappa shape index (κ2) is 10.7. The van der Waals surface area contributed by atoms with Crippen molar-refractivity contribution < 1.29 is 9.53 Å². The van der Waals surface area contributed by atoms with E-state index >= 15 is 0 Å². The second-order valence-electron chi connectivity index (χ2n) is 7.64. The molecule has 2 rings (SSSR count). The molecule has 2 aliphatic carbocycles. The maximum atomic E-state index is 12.4. The zero-order valence-electron chi connectivity index (χ0n) is 15.7. The van der Waals surface area contributed by atoms with Crippen molar-refractivity contribution in [1.82, 2.24) is 0 Å². The van der Waals surface area contributed by atoms with E-state index in [1.807, 2.05) is 0 Å². The molecule has 2 aliphatic rings. The second-order valence-corrected chi connectivity index (χ2v) is 7.64. The Kier molecular flexibility index (Phi) is 8.63. The van der Waals surface area contributed by atoms with Gasteiger partial charge in [-0.3, -0.25) is 4.79 Å². The number of unbranched alkanes of at least 4 members (excludes halogenated alkanes) is 1. The molecule has 0 aromatic carbocycles. The van der Waals surface area contributed by atoms with Gasteiger partial charge in [-0.1, -0.05) is 44.6 Å². The van der Waals surface area contributed by atoms with Crippen LogP contribution in [-0.4, -0.2) is 12.1 Å². The summed E-state index contributed by atoms with van der Waals surface area (Å²) in [6.45, 7) is 4.39. The van der Waals surface area contributed by atoms with Crippen LogP contribution in [0.2, 0.25) is 0 Å². The van der Waals surface area contributed by atoms with Crippen molar-refractivity contribution in [2.24, 2.45) is 17.8 Å². The normalized spacial score (nSPS) is 31.6. The summed E-state index contributed by atoms with van der Waals surface area (Å²) in [5.41, 5.74) is 0. The zero-order valence-corrected chi connectivity index (χ0v) is 15.7. The molecule has 0 N–H and O–H groups in total. The van der Waals surface area contributed by atoms with E-state index in [1.165, 1.54) is 25.7 Å². The molecular formula is C22H36O2. The van der Waals surface area contributed by atoms with Crippen LogP contribution in [0.1, 0.15) is 84.5 Å². The number of ether oxygens (including phenoxy) is 1. The Morgan fingerprint density at radius 2 is 1.46 bits per heavy atom. The Hall–Kier alpha value is -1.05. The lowest BCUT2D eigenvalue weighted by Crippen LogP contribution is -2.29. The fourth-order valence-electron chi connectivity index (χ4n) is 3.99. The Morgan fingerprint density at radius 3 is 2.04 bits per heavy atom. The average Bonchev–Trinajstić information content (AvgIpc) is 2.62. The van der Waals surface area contributed by atoms with E-state index in [1.54, 1.807) is 0 Å². The quantitative estimate of drug-likeness (QED) is 0.409. The molecule has 0 saturated heterocycles. The lowest BCUT2D eigenvalue weighted by atomic mass is 9.81. The predicted octanol–water partition coefficient (Wildman–Crippen LogP) is 6.22. The van der Waals surface area contributed by atoms with E-state index in [0.717, 1.165) is 44.9 Å². The summed E-state index contributed by atoms with van der Waals surface area (Å²) in [7, 11) is 0. The Balaban J connectivity index is 1.66. The van der Waals surface area contributed by atoms with Gasteiger partial charge in [0, 0.05) is 0 Å². The zero-order chi connectivity index (χ0) is 17.2. The average molecular weight is 333 g/mol. The van der Waals surface area contributed by atoms with E-state index in [2.05, 4.69) is 38.2 Å². The van der Waals surface area contributed by atoms with Crippen molar-refractivity contribution in [3.8, 4) is 0 Å². The molecular weight excluding hydrogens is 296 g/mol. The molecule has 0 aromatic rings. The van der Waals surface area contributed by atoms with Gasteiger partial charge in [0.2, 0.25) is 0 Å². The lowest BCUT2D eigenvalue weighted by molar-refractivity contribution is -0.157. The Morgan fingerprint density at radius 1 is 0.875 bits per heavy atom. The minimum atomic E-state index is 0.0814. The van der Waals surface area contributed by atoms with Crippen LogP contribution in [0.3, 0.4) is 0 Å². The van der Waals surface area contributed by atoms with E-state index < -0.39 is 0 Å². The topological polar surface area (TPSA) is 26.3 Å². The number of hydrogen-bond acceptors (Lipinski definition) is 2. The standard InChI is InChI=1S/C22H36O2/c1-3-5-7-9-19-12-16-21(17-13-19)24-22(23)20-14-10-18(11-15-20)8-6-4-2/h6-9,18-21H,3-5,10-17H2,1-2H3/t18-,19-,20-,21-. The third-order valence-corrected chi connectivity index (χ3v) is 5.61. The van der Waals surface area contributed by atoms with Gasteiger partial charge in [-0.25, -0.2) is 0 Å². The molecule has 0 aliphatic heterocycles. The van der Waals surface area contributed by atoms with Crippen LogP contribution in [0, 0.1) is 17.8 Å². The molecule has 0 radical (unpaired) electrons. The molecule has 24 heavy (non-hydrogen) atoms. The number of rotatable bonds is 7. The summed E-state index contributed by atoms with van der Waals surface area (Å²) >= 11 is 0. The number of hydrogen-bond donors (Lipinski definition) is 0. The Labute approximate surface area is 148 Å². The monoisotopic (exact) mass is 332 g/mol. The third-order valence-electron chi connectivity index (χ3n) is 5.61. The highest BCUT2D eigenvalue weighted by molar-refractivity contribution is 5.72. The molecule has 0 bridgehead atoms. The molecule has 0 atom stereocenters. The third kappa shape index (κ3) is 6.45. The summed E-state index contributed by atoms with van der Waals surface area (Å²) in [4.78, 5) is 12.4. The van der Waals surface area contributed by atoms with E-state index in [0.29, 0.717) is 11.8 Å². The highest BCUT2D eigenvalue weighted by Gasteiger charge is 2.29. The predicted molar refractivity (Wildman–Crippen MR) is 101 cm³/mol. The smallest absolute Gasteiger partial charge is 0.309 e. The van der Waals surface area contributed by atoms with Crippen molar-refractivity contribution >= 4 is 5.97 Å². The fourth-order valence-corrected chi connectivity index (χ4v) is 3.99. The first-order valence-electron chi connectivity index (χ1n) is 10.3. The van der Waals surface area contributed by atoms with Crippen molar-refractivity contribution in [2.75, 3.05) is 0 Å². The van der Waals surface area contributed by atoms with Gasteiger partial charge >= 0.3 is 5.97 Å². The van der Waals surface area contributed by atoms with Crippen LogP contribution in [0.5, 0.6) is 0 Å². The number of allylic oxidation sites excluding steroid dienone is 4. The van der Waals surface area contributed by atoms with Gasteiger partial charge in [-0.05, 0) is 76.0 Å². The highest BCUT2D eigenvalue weighted by Crippen LogP contribution is 2.33. The molecule has 136 valence electrons. The molecule has 2 fully saturated rings. The van der Waals surface area contributed by atoms with Gasteiger partial charge in [0.1, 0.15) is 6.10 Å². The van der Waals surface area contributed by atoms with Crippen molar-refractivity contribution in [1.29, 1.82) is 0 Å². The van der Waals surface area contributed by atoms with Gasteiger partial charge in [0.05, 0.1) is 5.92 Å². The van der Waals surface area contributed by atoms with Crippen molar-refractivity contribution in [3.05, 3.63) is 24.3 Å². The summed E-state index contributed by atoms with van der Waals surface area (Å²) < 4.78 is 5.84. The molecule has 2 saturated carbocycles. The molecule has 0 spiro atoms. The maximum absolute atomic E-state index is 12.4. The van der Waals surface area contributed by atoms with Gasteiger partial charge in [-0.2, -0.15) is 0 Å². The summed E-state index contributed by atoms with van der Waals surface area (Å²) in [5.74, 6) is 1.61. The number of esters is 1. The van der Waals surface area contributed by atoms with Gasteiger partial charge in [0.25, 0.3) is 0 Å². The summed E-state index contributed by atoms with van der Waals surface area (Å²) in [6.07, 6.45) is 21.7. The fraction of sp³-hybridized carbons (Fsp3) is 0.773. The number of carbonyl (C=O) groups excluding carboxylic acids is 1. The highest BCUT2D eigenvalue weighted by atomic mass is 16.5. The molecule has 0 aromatic heterocycles. The van der Waals surface area contributed by atoms with Crippen LogP contribution >= 0.6 is 0 Å². The van der Waals surface area contributed by atoms with Gasteiger partial charge in [0.15, 0.2) is 0 Å². The summed E-state index contributed by atoms with van der Waals surface area (Å²) in [5, 5.41) is 0.